The summed E-state index contributed by atoms with van der Waals surface area (Å²) in [4.78, 5) is 26.3. The third-order valence-electron chi connectivity index (χ3n) is 5.46. The number of anilines is 2. The van der Waals surface area contributed by atoms with E-state index in [1.165, 1.54) is 17.0 Å². The molecule has 3 rings (SSSR count). The second-order valence-corrected chi connectivity index (χ2v) is 7.97. The van der Waals surface area contributed by atoms with Crippen LogP contribution in [0.1, 0.15) is 22.8 Å². The van der Waals surface area contributed by atoms with E-state index in [1.807, 2.05) is 11.8 Å². The van der Waals surface area contributed by atoms with Gasteiger partial charge in [0.1, 0.15) is 5.82 Å². The molecular formula is C24H31F3N4O4. The molecule has 2 aromatic carbocycles. The minimum atomic E-state index is -1.26. The molecule has 0 bridgehead atoms. The monoisotopic (exact) mass is 496 g/mol. The molecule has 35 heavy (non-hydrogen) atoms. The number of halogens is 3. The Morgan fingerprint density at radius 1 is 1.11 bits per heavy atom. The van der Waals surface area contributed by atoms with Crippen molar-refractivity contribution in [1.29, 1.82) is 0 Å². The van der Waals surface area contributed by atoms with Gasteiger partial charge in [-0.25, -0.2) is 13.2 Å². The van der Waals surface area contributed by atoms with Crippen molar-refractivity contribution in [2.45, 2.75) is 19.9 Å². The minimum Gasteiger partial charge on any atom is -0.395 e. The van der Waals surface area contributed by atoms with E-state index in [-0.39, 0.29) is 43.6 Å². The number of likely N-dealkylation sites (tertiary alicyclic amines) is 1. The number of aryl methyl sites for hydroxylation is 1. The second kappa shape index (κ2) is 13.7. The highest BCUT2D eigenvalue weighted by Gasteiger charge is 2.33. The summed E-state index contributed by atoms with van der Waals surface area (Å²) in [6, 6.07) is 6.06. The first kappa shape index (κ1) is 28.1. The second-order valence-electron chi connectivity index (χ2n) is 7.97. The third-order valence-corrected chi connectivity index (χ3v) is 5.46. The molecule has 2 aromatic rings. The van der Waals surface area contributed by atoms with Crippen LogP contribution >= 0.6 is 0 Å². The third kappa shape index (κ3) is 7.67. The molecule has 1 saturated heterocycles. The van der Waals surface area contributed by atoms with E-state index in [0.717, 1.165) is 18.7 Å². The summed E-state index contributed by atoms with van der Waals surface area (Å²) in [5, 5.41) is 22.0. The summed E-state index contributed by atoms with van der Waals surface area (Å²) in [6.45, 7) is 6.78. The van der Waals surface area contributed by atoms with Gasteiger partial charge in [0, 0.05) is 26.2 Å². The van der Waals surface area contributed by atoms with Crippen molar-refractivity contribution in [1.82, 2.24) is 15.1 Å². The highest BCUT2D eigenvalue weighted by molar-refractivity contribution is 6.01. The number of carbonyl (C=O) groups is 2. The minimum absolute atomic E-state index is 0.0711. The van der Waals surface area contributed by atoms with Gasteiger partial charge in [-0.15, -0.1) is 0 Å². The van der Waals surface area contributed by atoms with Gasteiger partial charge in [0.15, 0.2) is 11.6 Å². The van der Waals surface area contributed by atoms with Gasteiger partial charge in [-0.1, -0.05) is 13.0 Å². The molecule has 2 amide bonds. The normalized spacial score (nSPS) is 13.1. The fraction of sp³-hybridized carbons (Fsp3) is 0.417. The van der Waals surface area contributed by atoms with Crippen molar-refractivity contribution in [3.63, 3.8) is 0 Å². The van der Waals surface area contributed by atoms with Gasteiger partial charge in [-0.3, -0.25) is 14.5 Å². The van der Waals surface area contributed by atoms with Gasteiger partial charge < -0.3 is 25.7 Å². The predicted octanol–water partition coefficient (Wildman–Crippen LogP) is 2.02. The van der Waals surface area contributed by atoms with Crippen LogP contribution in [-0.2, 0) is 4.79 Å². The van der Waals surface area contributed by atoms with Gasteiger partial charge >= 0.3 is 0 Å². The number of nitrogens with one attached hydrogen (secondary N) is 2. The summed E-state index contributed by atoms with van der Waals surface area (Å²) in [5.41, 5.74) is 0.0506. The van der Waals surface area contributed by atoms with Gasteiger partial charge in [0.2, 0.25) is 6.41 Å². The van der Waals surface area contributed by atoms with Crippen LogP contribution in [-0.4, -0.2) is 84.3 Å². The Balaban J connectivity index is 0.000000410. The standard InChI is InChI=1S/C18H16F3N3O2.C6H15NO2/c1-10-2-5-15(14(20)6-10)23-17-12(3-4-13(19)16(17)21)18(26)24-7-11(8-24)22-9-25;1-2-7(3-5-8)4-6-9/h2-6,9,11,23H,7-8H2,1H3,(H,22,25);8-9H,2-6H2,1H3. The zero-order valence-electron chi connectivity index (χ0n) is 19.7. The number of likely N-dealkylation sites (N-methyl/N-ethyl adjacent to an activating group) is 1. The summed E-state index contributed by atoms with van der Waals surface area (Å²) in [5.74, 6) is -3.60. The lowest BCUT2D eigenvalue weighted by Gasteiger charge is -2.39. The number of rotatable bonds is 10. The number of benzene rings is 2. The first-order valence-electron chi connectivity index (χ1n) is 11.2. The number of aliphatic hydroxyl groups excluding tert-OH is 2. The quantitative estimate of drug-likeness (QED) is 0.375. The van der Waals surface area contributed by atoms with Crippen LogP contribution in [0.5, 0.6) is 0 Å². The maximum absolute atomic E-state index is 14.3. The number of hydrogen-bond donors (Lipinski definition) is 4. The fourth-order valence-electron chi connectivity index (χ4n) is 3.43. The molecule has 0 radical (unpaired) electrons. The van der Waals surface area contributed by atoms with Gasteiger partial charge in [-0.2, -0.15) is 0 Å². The molecule has 1 aliphatic rings. The Kier molecular flexibility index (Phi) is 11.0. The molecule has 4 N–H and O–H groups in total. The number of nitrogens with zero attached hydrogens (tertiary/aromatic N) is 2. The molecule has 0 saturated carbocycles. The first-order chi connectivity index (χ1) is 16.7. The molecule has 1 aliphatic heterocycles. The van der Waals surface area contributed by atoms with E-state index < -0.39 is 29.0 Å². The van der Waals surface area contributed by atoms with Crippen molar-refractivity contribution in [2.24, 2.45) is 0 Å². The SMILES string of the molecule is CCN(CCO)CCO.Cc1ccc(Nc2c(C(=O)N3CC(NC=O)C3)ccc(F)c2F)c(F)c1. The van der Waals surface area contributed by atoms with Crippen LogP contribution in [0.2, 0.25) is 0 Å². The summed E-state index contributed by atoms with van der Waals surface area (Å²) in [6.07, 6.45) is 0.539. The van der Waals surface area contributed by atoms with E-state index >= 15 is 0 Å². The highest BCUT2D eigenvalue weighted by atomic mass is 19.2. The molecule has 0 spiro atoms. The topological polar surface area (TPSA) is 105 Å². The number of aliphatic hydroxyl groups is 2. The zero-order chi connectivity index (χ0) is 26.0. The number of amides is 2. The van der Waals surface area contributed by atoms with E-state index in [2.05, 4.69) is 10.6 Å². The average Bonchev–Trinajstić information content (AvgIpc) is 2.80. The van der Waals surface area contributed by atoms with Crippen LogP contribution in [0.3, 0.4) is 0 Å². The molecule has 11 heteroatoms. The molecule has 192 valence electrons. The van der Waals surface area contributed by atoms with E-state index in [4.69, 9.17) is 10.2 Å². The lowest BCUT2D eigenvalue weighted by atomic mass is 10.0. The van der Waals surface area contributed by atoms with E-state index in [9.17, 15) is 22.8 Å². The van der Waals surface area contributed by atoms with Crippen LogP contribution < -0.4 is 10.6 Å². The zero-order valence-corrected chi connectivity index (χ0v) is 19.7. The lowest BCUT2D eigenvalue weighted by Crippen LogP contribution is -2.59. The predicted molar refractivity (Wildman–Crippen MR) is 126 cm³/mol. The molecule has 1 heterocycles. The van der Waals surface area contributed by atoms with Crippen LogP contribution in [0.4, 0.5) is 24.5 Å². The van der Waals surface area contributed by atoms with E-state index in [0.29, 0.717) is 25.1 Å². The fourth-order valence-corrected chi connectivity index (χ4v) is 3.43. The lowest BCUT2D eigenvalue weighted by molar-refractivity contribution is -0.111. The maximum atomic E-state index is 14.3. The highest BCUT2D eigenvalue weighted by Crippen LogP contribution is 2.30. The van der Waals surface area contributed by atoms with Gasteiger partial charge in [-0.05, 0) is 43.3 Å². The van der Waals surface area contributed by atoms with Crippen LogP contribution in [0.25, 0.3) is 0 Å². The summed E-state index contributed by atoms with van der Waals surface area (Å²) < 4.78 is 42.0. The van der Waals surface area contributed by atoms with Gasteiger partial charge in [0.25, 0.3) is 5.91 Å². The van der Waals surface area contributed by atoms with Crippen molar-refractivity contribution in [3.05, 3.63) is 58.9 Å². The van der Waals surface area contributed by atoms with Crippen molar-refractivity contribution in [3.8, 4) is 0 Å². The molecule has 0 unspecified atom stereocenters. The average molecular weight is 497 g/mol. The molecular weight excluding hydrogens is 465 g/mol. The van der Waals surface area contributed by atoms with E-state index in [1.54, 1.807) is 13.0 Å². The molecule has 0 aromatic heterocycles. The molecule has 1 fully saturated rings. The molecule has 0 aliphatic carbocycles. The largest absolute Gasteiger partial charge is 0.395 e. The Hall–Kier alpha value is -3.15. The summed E-state index contributed by atoms with van der Waals surface area (Å²) >= 11 is 0. The molecule has 0 atom stereocenters. The summed E-state index contributed by atoms with van der Waals surface area (Å²) in [7, 11) is 0. The Bertz CT molecular complexity index is 997. The Morgan fingerprint density at radius 3 is 2.31 bits per heavy atom. The van der Waals surface area contributed by atoms with Crippen molar-refractivity contribution in [2.75, 3.05) is 51.3 Å². The number of hydrogen-bond acceptors (Lipinski definition) is 6. The number of carbonyl (C=O) groups excluding carboxylic acids is 2. The van der Waals surface area contributed by atoms with Gasteiger partial charge in [0.05, 0.1) is 36.2 Å². The maximum Gasteiger partial charge on any atom is 0.256 e. The van der Waals surface area contributed by atoms with Crippen molar-refractivity contribution < 1.29 is 33.0 Å². The molecule has 8 nitrogen and oxygen atoms in total. The van der Waals surface area contributed by atoms with Crippen LogP contribution in [0, 0.1) is 24.4 Å². The Morgan fingerprint density at radius 2 is 1.77 bits per heavy atom. The smallest absolute Gasteiger partial charge is 0.256 e. The van der Waals surface area contributed by atoms with Crippen LogP contribution in [0.15, 0.2) is 30.3 Å². The Labute approximate surface area is 202 Å². The first-order valence-corrected chi connectivity index (χ1v) is 11.2. The van der Waals surface area contributed by atoms with Crippen molar-refractivity contribution >= 4 is 23.7 Å².